The van der Waals surface area contributed by atoms with Crippen molar-refractivity contribution in [3.63, 3.8) is 0 Å². The second kappa shape index (κ2) is 5.52. The van der Waals surface area contributed by atoms with Crippen molar-refractivity contribution in [3.8, 4) is 0 Å². The van der Waals surface area contributed by atoms with Gasteiger partial charge in [0.15, 0.2) is 9.84 Å². The number of amides is 1. The average Bonchev–Trinajstić information content (AvgIpc) is 2.30. The van der Waals surface area contributed by atoms with Gasteiger partial charge in [0.2, 0.25) is 5.91 Å². The highest BCUT2D eigenvalue weighted by molar-refractivity contribution is 7.91. The number of carbonyl (C=O) groups is 1. The van der Waals surface area contributed by atoms with E-state index in [0.717, 1.165) is 0 Å². The number of nitrogens with two attached hydrogens (primary N) is 1. The van der Waals surface area contributed by atoms with Gasteiger partial charge >= 0.3 is 0 Å². The summed E-state index contributed by atoms with van der Waals surface area (Å²) in [4.78, 5) is 14.3. The van der Waals surface area contributed by atoms with Crippen LogP contribution < -0.4 is 5.73 Å². The van der Waals surface area contributed by atoms with E-state index in [1.54, 1.807) is 4.90 Å². The van der Waals surface area contributed by atoms with Crippen LogP contribution >= 0.6 is 12.2 Å². The fraction of sp³-hybridized carbons (Fsp3) is 0.818. The topological polar surface area (TPSA) is 80.5 Å². The number of sulfone groups is 1. The van der Waals surface area contributed by atoms with Gasteiger partial charge in [-0.1, -0.05) is 26.1 Å². The van der Waals surface area contributed by atoms with Crippen molar-refractivity contribution < 1.29 is 13.2 Å². The van der Waals surface area contributed by atoms with E-state index >= 15 is 0 Å². The fourth-order valence-electron chi connectivity index (χ4n) is 2.22. The van der Waals surface area contributed by atoms with Gasteiger partial charge in [0, 0.05) is 13.1 Å². The lowest BCUT2D eigenvalue weighted by Crippen LogP contribution is -2.54. The zero-order valence-corrected chi connectivity index (χ0v) is 12.4. The monoisotopic (exact) mass is 292 g/mol. The molecule has 0 aliphatic carbocycles. The molecule has 1 heterocycles. The van der Waals surface area contributed by atoms with Crippen LogP contribution in [0, 0.1) is 5.41 Å². The molecular weight excluding hydrogens is 272 g/mol. The Morgan fingerprint density at radius 3 is 2.06 bits per heavy atom. The zero-order chi connectivity index (χ0) is 14.0. The minimum Gasteiger partial charge on any atom is -0.392 e. The Balaban J connectivity index is 2.90. The predicted octanol–water partition coefficient (Wildman–Crippen LogP) is 0.336. The van der Waals surface area contributed by atoms with Gasteiger partial charge in [0.1, 0.15) is 0 Å². The first-order valence-electron chi connectivity index (χ1n) is 6.08. The third-order valence-corrected chi connectivity index (χ3v) is 5.72. The number of hydrogen-bond acceptors (Lipinski definition) is 4. The standard InChI is InChI=1S/C11H20N2O3S2/c1-3-11(4-2,9(12)17)10(14)13-5-7-18(15,16)8-6-13/h3-8H2,1-2H3,(H2,12,17). The highest BCUT2D eigenvalue weighted by Crippen LogP contribution is 2.30. The number of carbonyl (C=O) groups excluding carboxylic acids is 1. The molecule has 0 saturated carbocycles. The van der Waals surface area contributed by atoms with Crippen LogP contribution in [0.15, 0.2) is 0 Å². The molecule has 1 rings (SSSR count). The Hall–Kier alpha value is -0.690. The Morgan fingerprint density at radius 1 is 1.28 bits per heavy atom. The van der Waals surface area contributed by atoms with E-state index in [2.05, 4.69) is 0 Å². The summed E-state index contributed by atoms with van der Waals surface area (Å²) in [6.07, 6.45) is 1.09. The van der Waals surface area contributed by atoms with Gasteiger partial charge in [-0.2, -0.15) is 0 Å². The average molecular weight is 292 g/mol. The number of hydrogen-bond donors (Lipinski definition) is 1. The molecule has 0 aromatic heterocycles. The number of thiocarbonyl (C=S) groups is 1. The maximum atomic E-state index is 12.5. The Kier molecular flexibility index (Phi) is 4.72. The molecule has 0 bridgehead atoms. The van der Waals surface area contributed by atoms with Crippen molar-refractivity contribution in [3.05, 3.63) is 0 Å². The van der Waals surface area contributed by atoms with E-state index in [1.807, 2.05) is 13.8 Å². The summed E-state index contributed by atoms with van der Waals surface area (Å²) in [7, 11) is -2.99. The van der Waals surface area contributed by atoms with Crippen molar-refractivity contribution in [2.45, 2.75) is 26.7 Å². The van der Waals surface area contributed by atoms with Gasteiger partial charge in [-0.3, -0.25) is 4.79 Å². The van der Waals surface area contributed by atoms with E-state index in [1.165, 1.54) is 0 Å². The normalized spacial score (nSPS) is 19.6. The Bertz CT molecular complexity index is 427. The van der Waals surface area contributed by atoms with Crippen LogP contribution in [0.1, 0.15) is 26.7 Å². The summed E-state index contributed by atoms with van der Waals surface area (Å²) in [5.41, 5.74) is 4.90. The van der Waals surface area contributed by atoms with Gasteiger partial charge < -0.3 is 10.6 Å². The lowest BCUT2D eigenvalue weighted by atomic mass is 9.80. The van der Waals surface area contributed by atoms with Crippen molar-refractivity contribution >= 4 is 33.0 Å². The van der Waals surface area contributed by atoms with E-state index < -0.39 is 15.3 Å². The van der Waals surface area contributed by atoms with E-state index in [9.17, 15) is 13.2 Å². The van der Waals surface area contributed by atoms with Crippen molar-refractivity contribution in [1.82, 2.24) is 4.90 Å². The molecule has 1 aliphatic rings. The molecule has 1 saturated heterocycles. The summed E-state index contributed by atoms with van der Waals surface area (Å²) in [5.74, 6) is -0.0750. The van der Waals surface area contributed by atoms with Crippen molar-refractivity contribution in [1.29, 1.82) is 0 Å². The lowest BCUT2D eigenvalue weighted by Gasteiger charge is -2.36. The van der Waals surface area contributed by atoms with E-state index in [4.69, 9.17) is 18.0 Å². The molecule has 1 amide bonds. The first-order chi connectivity index (χ1) is 8.29. The first-order valence-corrected chi connectivity index (χ1v) is 8.31. The van der Waals surface area contributed by atoms with E-state index in [-0.39, 0.29) is 35.5 Å². The second-order valence-corrected chi connectivity index (χ2v) is 7.34. The summed E-state index contributed by atoms with van der Waals surface area (Å²) in [6, 6.07) is 0. The molecule has 1 fully saturated rings. The molecule has 7 heteroatoms. The fourth-order valence-corrected chi connectivity index (χ4v) is 3.80. The largest absolute Gasteiger partial charge is 0.392 e. The SMILES string of the molecule is CCC(CC)(C(=O)N1CCS(=O)(=O)CC1)C(N)=S. The molecule has 2 N–H and O–H groups in total. The Labute approximate surface area is 114 Å². The molecule has 0 aromatic carbocycles. The summed E-state index contributed by atoms with van der Waals surface area (Å²) in [5, 5.41) is 0. The van der Waals surface area contributed by atoms with Gasteiger partial charge in [-0.25, -0.2) is 8.42 Å². The van der Waals surface area contributed by atoms with Crippen LogP contribution in [-0.2, 0) is 14.6 Å². The van der Waals surface area contributed by atoms with Gasteiger partial charge in [-0.05, 0) is 12.8 Å². The smallest absolute Gasteiger partial charge is 0.235 e. The zero-order valence-electron chi connectivity index (χ0n) is 10.8. The number of rotatable bonds is 4. The van der Waals surface area contributed by atoms with Crippen LogP contribution in [0.25, 0.3) is 0 Å². The minimum absolute atomic E-state index is 0.0274. The van der Waals surface area contributed by atoms with Crippen LogP contribution in [0.3, 0.4) is 0 Å². The van der Waals surface area contributed by atoms with Gasteiger partial charge in [0.05, 0.1) is 21.9 Å². The van der Waals surface area contributed by atoms with Crippen LogP contribution in [0.4, 0.5) is 0 Å². The van der Waals surface area contributed by atoms with Gasteiger partial charge in [0.25, 0.3) is 0 Å². The quantitative estimate of drug-likeness (QED) is 0.756. The highest BCUT2D eigenvalue weighted by Gasteiger charge is 2.42. The molecular formula is C11H20N2O3S2. The van der Waals surface area contributed by atoms with E-state index in [0.29, 0.717) is 12.8 Å². The molecule has 104 valence electrons. The maximum Gasteiger partial charge on any atom is 0.235 e. The molecule has 5 nitrogen and oxygen atoms in total. The molecule has 0 unspecified atom stereocenters. The maximum absolute atomic E-state index is 12.5. The molecule has 0 spiro atoms. The van der Waals surface area contributed by atoms with Crippen LogP contribution in [0.5, 0.6) is 0 Å². The summed E-state index contributed by atoms with van der Waals surface area (Å²) >= 11 is 5.03. The van der Waals surface area contributed by atoms with Crippen molar-refractivity contribution in [2.75, 3.05) is 24.6 Å². The second-order valence-electron chi connectivity index (χ2n) is 4.60. The summed E-state index contributed by atoms with van der Waals surface area (Å²) < 4.78 is 22.7. The molecule has 0 aromatic rings. The number of nitrogens with zero attached hydrogens (tertiary/aromatic N) is 1. The van der Waals surface area contributed by atoms with Crippen molar-refractivity contribution in [2.24, 2.45) is 11.1 Å². The van der Waals surface area contributed by atoms with Crippen LogP contribution in [0.2, 0.25) is 0 Å². The molecule has 1 aliphatic heterocycles. The lowest BCUT2D eigenvalue weighted by molar-refractivity contribution is -0.138. The third-order valence-electron chi connectivity index (χ3n) is 3.72. The predicted molar refractivity (Wildman–Crippen MR) is 75.0 cm³/mol. The Morgan fingerprint density at radius 2 is 1.72 bits per heavy atom. The minimum atomic E-state index is -2.99. The summed E-state index contributed by atoms with van der Waals surface area (Å²) in [6.45, 7) is 4.24. The third kappa shape index (κ3) is 2.83. The molecule has 0 atom stereocenters. The van der Waals surface area contributed by atoms with Gasteiger partial charge in [-0.15, -0.1) is 0 Å². The molecule has 0 radical (unpaired) electrons. The highest BCUT2D eigenvalue weighted by atomic mass is 32.2. The first kappa shape index (κ1) is 15.4. The van der Waals surface area contributed by atoms with Crippen LogP contribution in [-0.4, -0.2) is 48.8 Å². The molecule has 18 heavy (non-hydrogen) atoms.